The summed E-state index contributed by atoms with van der Waals surface area (Å²) in [5.41, 5.74) is 2.13. The molecule has 0 aliphatic heterocycles. The smallest absolute Gasteiger partial charge is 0.251 e. The third-order valence-electron chi connectivity index (χ3n) is 5.53. The highest BCUT2D eigenvalue weighted by molar-refractivity contribution is 5.80. The summed E-state index contributed by atoms with van der Waals surface area (Å²) in [7, 11) is 5.08. The number of nitrogens with zero attached hydrogens (tertiary/aromatic N) is 1. The molecule has 0 bridgehead atoms. The van der Waals surface area contributed by atoms with Crippen molar-refractivity contribution < 1.29 is 23.7 Å². The third-order valence-corrected chi connectivity index (χ3v) is 5.53. The van der Waals surface area contributed by atoms with E-state index in [1.165, 1.54) is 4.90 Å². The second-order valence-corrected chi connectivity index (χ2v) is 8.47. The number of carbonyl (C=O) groups is 1. The molecule has 0 saturated carbocycles. The number of likely N-dealkylation sites (N-methyl/N-ethyl adjacent to an activating group) is 1. The zero-order valence-electron chi connectivity index (χ0n) is 21.2. The van der Waals surface area contributed by atoms with Crippen LogP contribution in [0.2, 0.25) is 0 Å². The molecule has 35 heavy (non-hydrogen) atoms. The number of amides is 1. The van der Waals surface area contributed by atoms with Gasteiger partial charge in [0, 0.05) is 27.1 Å². The Hall–Kier alpha value is -2.93. The van der Waals surface area contributed by atoms with Crippen molar-refractivity contribution in [1.29, 1.82) is 0 Å². The molecule has 0 N–H and O–H groups in total. The monoisotopic (exact) mass is 481 g/mol. The number of benzene rings is 2. The van der Waals surface area contributed by atoms with E-state index in [1.54, 1.807) is 33.4 Å². The minimum Gasteiger partial charge on any atom is -0.497 e. The van der Waals surface area contributed by atoms with Crippen LogP contribution >= 0.6 is 0 Å². The molecule has 0 aliphatic rings. The normalized spacial score (nSPS) is 13.5. The molecule has 0 heterocycles. The van der Waals surface area contributed by atoms with E-state index >= 15 is 0 Å². The van der Waals surface area contributed by atoms with Crippen molar-refractivity contribution in [2.24, 2.45) is 0 Å². The Bertz CT molecular complexity index is 882. The third kappa shape index (κ3) is 10.1. The molecule has 0 spiro atoms. The molecule has 0 saturated heterocycles. The number of hydrogen-bond donors (Lipinski definition) is 0. The Morgan fingerprint density at radius 1 is 0.914 bits per heavy atom. The lowest BCUT2D eigenvalue weighted by atomic mass is 10.1. The van der Waals surface area contributed by atoms with Crippen LogP contribution in [0.1, 0.15) is 30.4 Å². The Labute approximate surface area is 210 Å². The number of ether oxygens (including phenoxy) is 4. The van der Waals surface area contributed by atoms with Gasteiger partial charge in [0.05, 0.1) is 32.5 Å². The van der Waals surface area contributed by atoms with Crippen molar-refractivity contribution in [1.82, 2.24) is 4.90 Å². The van der Waals surface area contributed by atoms with Crippen molar-refractivity contribution in [3.8, 4) is 5.75 Å². The van der Waals surface area contributed by atoms with Gasteiger partial charge in [0.15, 0.2) is 0 Å². The maximum atomic E-state index is 12.7. The number of hydrogen-bond acceptors (Lipinski definition) is 5. The molecule has 0 unspecified atom stereocenters. The van der Waals surface area contributed by atoms with E-state index in [9.17, 15) is 4.79 Å². The first-order valence-electron chi connectivity index (χ1n) is 11.9. The van der Waals surface area contributed by atoms with Gasteiger partial charge >= 0.3 is 0 Å². The molecular formula is C29H39NO5. The topological polar surface area (TPSA) is 57.2 Å². The summed E-state index contributed by atoms with van der Waals surface area (Å²) in [6, 6.07) is 17.8. The zero-order valence-corrected chi connectivity index (χ0v) is 21.2. The Kier molecular flexibility index (Phi) is 12.8. The minimum absolute atomic E-state index is 0.104. The lowest BCUT2D eigenvalue weighted by molar-refractivity contribution is -0.155. The van der Waals surface area contributed by atoms with E-state index < -0.39 is 6.10 Å². The lowest BCUT2D eigenvalue weighted by Gasteiger charge is -2.31. The van der Waals surface area contributed by atoms with E-state index in [-0.39, 0.29) is 18.1 Å². The SMILES string of the molecule is C=CC[C@@H](O[C@H](CC=C)[C@@H](CCOCc1ccccc1)OCc1ccc(OC)cc1)C(=O)N(C)C. The van der Waals surface area contributed by atoms with Gasteiger partial charge in [-0.2, -0.15) is 0 Å². The summed E-state index contributed by atoms with van der Waals surface area (Å²) in [4.78, 5) is 14.2. The molecule has 0 radical (unpaired) electrons. The molecule has 0 fully saturated rings. The highest BCUT2D eigenvalue weighted by atomic mass is 16.6. The zero-order chi connectivity index (χ0) is 25.5. The quantitative estimate of drug-likeness (QED) is 0.230. The van der Waals surface area contributed by atoms with Crippen LogP contribution in [0.5, 0.6) is 5.75 Å². The fraction of sp³-hybridized carbons (Fsp3) is 0.414. The summed E-state index contributed by atoms with van der Waals surface area (Å²) in [6.07, 6.45) is 3.77. The molecular weight excluding hydrogens is 442 g/mol. The highest BCUT2D eigenvalue weighted by Gasteiger charge is 2.29. The van der Waals surface area contributed by atoms with Gasteiger partial charge in [-0.15, -0.1) is 13.2 Å². The predicted octanol–water partition coefficient (Wildman–Crippen LogP) is 5.18. The Morgan fingerprint density at radius 3 is 2.17 bits per heavy atom. The van der Waals surface area contributed by atoms with Crippen LogP contribution in [-0.2, 0) is 32.2 Å². The van der Waals surface area contributed by atoms with E-state index in [0.29, 0.717) is 39.1 Å². The van der Waals surface area contributed by atoms with Gasteiger partial charge in [0.1, 0.15) is 11.9 Å². The molecule has 0 aromatic heterocycles. The van der Waals surface area contributed by atoms with Gasteiger partial charge < -0.3 is 23.8 Å². The van der Waals surface area contributed by atoms with E-state index in [0.717, 1.165) is 16.9 Å². The van der Waals surface area contributed by atoms with E-state index in [1.807, 2.05) is 54.6 Å². The fourth-order valence-electron chi connectivity index (χ4n) is 3.59. The molecule has 6 heteroatoms. The van der Waals surface area contributed by atoms with Crippen molar-refractivity contribution in [3.05, 3.63) is 91.0 Å². The highest BCUT2D eigenvalue weighted by Crippen LogP contribution is 2.21. The fourth-order valence-corrected chi connectivity index (χ4v) is 3.59. The average molecular weight is 482 g/mol. The van der Waals surface area contributed by atoms with Gasteiger partial charge in [-0.25, -0.2) is 0 Å². The Morgan fingerprint density at radius 2 is 1.57 bits per heavy atom. The number of methoxy groups -OCH3 is 1. The molecule has 2 aromatic carbocycles. The minimum atomic E-state index is -0.634. The first kappa shape index (κ1) is 28.3. The number of carbonyl (C=O) groups excluding carboxylic acids is 1. The van der Waals surface area contributed by atoms with Crippen LogP contribution in [0.15, 0.2) is 79.9 Å². The molecule has 190 valence electrons. The van der Waals surface area contributed by atoms with Crippen LogP contribution in [0.25, 0.3) is 0 Å². The largest absolute Gasteiger partial charge is 0.497 e. The summed E-state index contributed by atoms with van der Waals surface area (Å²) >= 11 is 0. The second kappa shape index (κ2) is 15.9. The molecule has 2 aromatic rings. The molecule has 6 nitrogen and oxygen atoms in total. The second-order valence-electron chi connectivity index (χ2n) is 8.47. The first-order chi connectivity index (χ1) is 17.0. The number of rotatable bonds is 17. The van der Waals surface area contributed by atoms with Crippen LogP contribution in [0, 0.1) is 0 Å². The molecule has 3 atom stereocenters. The van der Waals surface area contributed by atoms with Gasteiger partial charge in [-0.3, -0.25) is 4.79 Å². The van der Waals surface area contributed by atoms with Gasteiger partial charge in [0.25, 0.3) is 5.91 Å². The summed E-state index contributed by atoms with van der Waals surface area (Å²) in [6.45, 7) is 9.10. The predicted molar refractivity (Wildman–Crippen MR) is 139 cm³/mol. The molecule has 1 amide bonds. The lowest BCUT2D eigenvalue weighted by Crippen LogP contribution is -2.42. The average Bonchev–Trinajstić information content (AvgIpc) is 2.88. The molecule has 0 aliphatic carbocycles. The van der Waals surface area contributed by atoms with Crippen molar-refractivity contribution in [2.45, 2.75) is 50.8 Å². The maximum absolute atomic E-state index is 12.7. The maximum Gasteiger partial charge on any atom is 0.251 e. The summed E-state index contributed by atoms with van der Waals surface area (Å²) in [5.74, 6) is 0.690. The van der Waals surface area contributed by atoms with E-state index in [4.69, 9.17) is 18.9 Å². The van der Waals surface area contributed by atoms with E-state index in [2.05, 4.69) is 13.2 Å². The van der Waals surface area contributed by atoms with Crippen LogP contribution < -0.4 is 4.74 Å². The first-order valence-corrected chi connectivity index (χ1v) is 11.9. The van der Waals surface area contributed by atoms with Crippen molar-refractivity contribution >= 4 is 5.91 Å². The van der Waals surface area contributed by atoms with Crippen LogP contribution in [-0.4, -0.2) is 56.9 Å². The van der Waals surface area contributed by atoms with Crippen molar-refractivity contribution in [3.63, 3.8) is 0 Å². The molecule has 2 rings (SSSR count). The summed E-state index contributed by atoms with van der Waals surface area (Å²) in [5, 5.41) is 0. The van der Waals surface area contributed by atoms with Crippen LogP contribution in [0.3, 0.4) is 0 Å². The standard InChI is InChI=1S/C29H39NO5/c1-6-11-27(35-28(12-7-2)29(31)30(3)4)26(19-20-33-21-23-13-9-8-10-14-23)34-22-24-15-17-25(32-5)18-16-24/h6-10,13-18,26-28H,1-2,11-12,19-22H2,3-5H3/t26-,27-,28-/m1/s1. The summed E-state index contributed by atoms with van der Waals surface area (Å²) < 4.78 is 23.8. The Balaban J connectivity index is 2.11. The van der Waals surface area contributed by atoms with Crippen molar-refractivity contribution in [2.75, 3.05) is 27.8 Å². The van der Waals surface area contributed by atoms with Crippen LogP contribution in [0.4, 0.5) is 0 Å². The van der Waals surface area contributed by atoms with Gasteiger partial charge in [-0.1, -0.05) is 54.6 Å². The van der Waals surface area contributed by atoms with Gasteiger partial charge in [0.2, 0.25) is 0 Å². The van der Waals surface area contributed by atoms with Gasteiger partial charge in [-0.05, 0) is 36.1 Å².